The Kier molecular flexibility index (Phi) is 3.88. The lowest BCUT2D eigenvalue weighted by molar-refractivity contribution is 0.0934. The Labute approximate surface area is 124 Å². The van der Waals surface area contributed by atoms with Crippen LogP contribution in [0.15, 0.2) is 48.5 Å². The van der Waals surface area contributed by atoms with Crippen LogP contribution in [0.5, 0.6) is 5.75 Å². The van der Waals surface area contributed by atoms with Crippen LogP contribution in [0.4, 0.5) is 0 Å². The van der Waals surface area contributed by atoms with E-state index in [0.29, 0.717) is 5.56 Å². The molecule has 1 unspecified atom stereocenters. The first-order valence-electron chi connectivity index (χ1n) is 7.01. The summed E-state index contributed by atoms with van der Waals surface area (Å²) < 4.78 is 5.10. The second-order valence-corrected chi connectivity index (χ2v) is 5.08. The molecule has 108 valence electrons. The lowest BCUT2D eigenvalue weighted by atomic mass is 9.96. The largest absolute Gasteiger partial charge is 0.497 e. The van der Waals surface area contributed by atoms with Crippen molar-refractivity contribution in [2.45, 2.75) is 12.6 Å². The van der Waals surface area contributed by atoms with E-state index in [9.17, 15) is 4.79 Å². The minimum Gasteiger partial charge on any atom is -0.497 e. The number of fused-ring (bicyclic) bond motifs is 1. The van der Waals surface area contributed by atoms with Crippen LogP contribution in [-0.2, 0) is 6.54 Å². The number of hydrogen-bond acceptors (Lipinski definition) is 3. The Morgan fingerprint density at radius 3 is 2.71 bits per heavy atom. The summed E-state index contributed by atoms with van der Waals surface area (Å²) in [6, 6.07) is 15.3. The minimum absolute atomic E-state index is 0.00421. The van der Waals surface area contributed by atoms with Crippen molar-refractivity contribution in [3.63, 3.8) is 0 Å². The van der Waals surface area contributed by atoms with E-state index in [4.69, 9.17) is 4.74 Å². The molecule has 0 saturated heterocycles. The van der Waals surface area contributed by atoms with Gasteiger partial charge in [0.2, 0.25) is 0 Å². The Balaban J connectivity index is 1.76. The maximum Gasteiger partial charge on any atom is 0.251 e. The van der Waals surface area contributed by atoms with Crippen molar-refractivity contribution in [3.05, 3.63) is 65.2 Å². The maximum atomic E-state index is 12.3. The summed E-state index contributed by atoms with van der Waals surface area (Å²) in [6.07, 6.45) is 0. The van der Waals surface area contributed by atoms with E-state index >= 15 is 0 Å². The van der Waals surface area contributed by atoms with Gasteiger partial charge in [0.1, 0.15) is 5.75 Å². The van der Waals surface area contributed by atoms with Gasteiger partial charge in [-0.05, 0) is 35.4 Å². The fourth-order valence-corrected chi connectivity index (χ4v) is 2.61. The van der Waals surface area contributed by atoms with Gasteiger partial charge in [0.05, 0.1) is 13.2 Å². The molecule has 21 heavy (non-hydrogen) atoms. The SMILES string of the molecule is COc1ccc(C(=O)NC2CNCc3ccccc32)cc1. The second kappa shape index (κ2) is 5.97. The molecule has 0 aromatic heterocycles. The Morgan fingerprint density at radius 1 is 1.19 bits per heavy atom. The van der Waals surface area contributed by atoms with Crippen LogP contribution in [0.25, 0.3) is 0 Å². The van der Waals surface area contributed by atoms with Crippen molar-refractivity contribution >= 4 is 5.91 Å². The van der Waals surface area contributed by atoms with Crippen molar-refractivity contribution < 1.29 is 9.53 Å². The topological polar surface area (TPSA) is 50.4 Å². The summed E-state index contributed by atoms with van der Waals surface area (Å²) in [5.74, 6) is 0.678. The van der Waals surface area contributed by atoms with Crippen LogP contribution in [-0.4, -0.2) is 19.6 Å². The van der Waals surface area contributed by atoms with E-state index in [1.54, 1.807) is 31.4 Å². The van der Waals surface area contributed by atoms with Crippen LogP contribution in [0.2, 0.25) is 0 Å². The normalized spacial score (nSPS) is 16.9. The highest BCUT2D eigenvalue weighted by molar-refractivity contribution is 5.94. The van der Waals surface area contributed by atoms with E-state index in [2.05, 4.69) is 22.8 Å². The third-order valence-corrected chi connectivity index (χ3v) is 3.75. The van der Waals surface area contributed by atoms with Crippen molar-refractivity contribution in [2.24, 2.45) is 0 Å². The predicted molar refractivity (Wildman–Crippen MR) is 81.3 cm³/mol. The molecule has 4 heteroatoms. The van der Waals surface area contributed by atoms with Gasteiger partial charge in [-0.3, -0.25) is 4.79 Å². The smallest absolute Gasteiger partial charge is 0.251 e. The molecule has 3 rings (SSSR count). The summed E-state index contributed by atoms with van der Waals surface area (Å²) in [5, 5.41) is 6.42. The number of nitrogens with one attached hydrogen (secondary N) is 2. The predicted octanol–water partition coefficient (Wildman–Crippen LogP) is 2.27. The average Bonchev–Trinajstić information content (AvgIpc) is 2.55. The lowest BCUT2D eigenvalue weighted by Gasteiger charge is -2.27. The zero-order valence-corrected chi connectivity index (χ0v) is 11.9. The summed E-state index contributed by atoms with van der Waals surface area (Å²) in [4.78, 5) is 12.3. The quantitative estimate of drug-likeness (QED) is 0.908. The molecule has 1 aliphatic rings. The van der Waals surface area contributed by atoms with Crippen LogP contribution in [0.1, 0.15) is 27.5 Å². The fourth-order valence-electron chi connectivity index (χ4n) is 2.61. The number of benzene rings is 2. The number of methoxy groups -OCH3 is 1. The molecular weight excluding hydrogens is 264 g/mol. The summed E-state index contributed by atoms with van der Waals surface area (Å²) in [7, 11) is 1.61. The minimum atomic E-state index is -0.0684. The van der Waals surface area contributed by atoms with E-state index in [-0.39, 0.29) is 11.9 Å². The number of ether oxygens (including phenoxy) is 1. The molecule has 0 fully saturated rings. The summed E-state index contributed by atoms with van der Waals surface area (Å²) in [5.41, 5.74) is 3.07. The van der Waals surface area contributed by atoms with Gasteiger partial charge < -0.3 is 15.4 Å². The number of amides is 1. The zero-order valence-electron chi connectivity index (χ0n) is 11.9. The molecule has 4 nitrogen and oxygen atoms in total. The van der Waals surface area contributed by atoms with Gasteiger partial charge in [-0.25, -0.2) is 0 Å². The van der Waals surface area contributed by atoms with Crippen LogP contribution in [0.3, 0.4) is 0 Å². The van der Waals surface area contributed by atoms with Crippen LogP contribution >= 0.6 is 0 Å². The summed E-state index contributed by atoms with van der Waals surface area (Å²) >= 11 is 0. The van der Waals surface area contributed by atoms with Gasteiger partial charge in [0.25, 0.3) is 5.91 Å². The van der Waals surface area contributed by atoms with E-state index in [0.717, 1.165) is 18.8 Å². The number of carbonyl (C=O) groups is 1. The lowest BCUT2D eigenvalue weighted by Crippen LogP contribution is -2.39. The van der Waals surface area contributed by atoms with Gasteiger partial charge in [-0.1, -0.05) is 24.3 Å². The molecule has 1 aliphatic heterocycles. The highest BCUT2D eigenvalue weighted by Crippen LogP contribution is 2.22. The van der Waals surface area contributed by atoms with Gasteiger partial charge >= 0.3 is 0 Å². The van der Waals surface area contributed by atoms with E-state index < -0.39 is 0 Å². The molecular formula is C17H18N2O2. The third-order valence-electron chi connectivity index (χ3n) is 3.75. The Bertz CT molecular complexity index is 637. The molecule has 0 bridgehead atoms. The maximum absolute atomic E-state index is 12.3. The molecule has 0 aliphatic carbocycles. The first kappa shape index (κ1) is 13.6. The Hall–Kier alpha value is -2.33. The fraction of sp³-hybridized carbons (Fsp3) is 0.235. The average molecular weight is 282 g/mol. The monoisotopic (exact) mass is 282 g/mol. The molecule has 1 amide bonds. The Morgan fingerprint density at radius 2 is 1.95 bits per heavy atom. The standard InChI is InChI=1S/C17H18N2O2/c1-21-14-8-6-12(7-9-14)17(20)19-16-11-18-10-13-4-2-3-5-15(13)16/h2-9,16,18H,10-11H2,1H3,(H,19,20). The number of rotatable bonds is 3. The highest BCUT2D eigenvalue weighted by Gasteiger charge is 2.21. The number of carbonyl (C=O) groups excluding carboxylic acids is 1. The summed E-state index contributed by atoms with van der Waals surface area (Å²) in [6.45, 7) is 1.60. The van der Waals surface area contributed by atoms with Crippen LogP contribution in [0, 0.1) is 0 Å². The molecule has 2 aromatic carbocycles. The van der Waals surface area contributed by atoms with Gasteiger partial charge in [-0.2, -0.15) is 0 Å². The number of hydrogen-bond donors (Lipinski definition) is 2. The van der Waals surface area contributed by atoms with Crippen molar-refractivity contribution in [2.75, 3.05) is 13.7 Å². The van der Waals surface area contributed by atoms with Gasteiger partial charge in [0.15, 0.2) is 0 Å². The van der Waals surface area contributed by atoms with Gasteiger partial charge in [0, 0.05) is 18.7 Å². The van der Waals surface area contributed by atoms with Crippen molar-refractivity contribution in [1.82, 2.24) is 10.6 Å². The van der Waals surface area contributed by atoms with Crippen molar-refractivity contribution in [1.29, 1.82) is 0 Å². The molecule has 0 spiro atoms. The van der Waals surface area contributed by atoms with Crippen LogP contribution < -0.4 is 15.4 Å². The molecule has 0 radical (unpaired) electrons. The second-order valence-electron chi connectivity index (χ2n) is 5.08. The van der Waals surface area contributed by atoms with Gasteiger partial charge in [-0.15, -0.1) is 0 Å². The molecule has 1 atom stereocenters. The molecule has 2 N–H and O–H groups in total. The van der Waals surface area contributed by atoms with Crippen molar-refractivity contribution in [3.8, 4) is 5.75 Å². The first-order valence-corrected chi connectivity index (χ1v) is 7.01. The third kappa shape index (κ3) is 2.90. The van der Waals surface area contributed by atoms with E-state index in [1.807, 2.05) is 12.1 Å². The molecule has 2 aromatic rings. The van der Waals surface area contributed by atoms with E-state index in [1.165, 1.54) is 11.1 Å². The molecule has 1 heterocycles. The zero-order chi connectivity index (χ0) is 14.7. The molecule has 0 saturated carbocycles. The first-order chi connectivity index (χ1) is 10.3. The highest BCUT2D eigenvalue weighted by atomic mass is 16.5.